The molecule has 1 fully saturated rings. The zero-order valence-corrected chi connectivity index (χ0v) is 15.4. The highest BCUT2D eigenvalue weighted by Gasteiger charge is 2.38. The number of aliphatic hydroxyl groups excluding tert-OH is 1. The molecule has 126 valence electrons. The van der Waals surface area contributed by atoms with Gasteiger partial charge in [-0.05, 0) is 61.9 Å². The van der Waals surface area contributed by atoms with Crippen molar-refractivity contribution in [2.75, 3.05) is 19.6 Å². The molecule has 0 spiro atoms. The van der Waals surface area contributed by atoms with Crippen LogP contribution in [0.4, 0.5) is 0 Å². The molecule has 0 radical (unpaired) electrons. The molecule has 0 saturated heterocycles. The van der Waals surface area contributed by atoms with Gasteiger partial charge in [-0.25, -0.2) is 0 Å². The lowest BCUT2D eigenvalue weighted by atomic mass is 9.69. The fourth-order valence-electron chi connectivity index (χ4n) is 3.46. The van der Waals surface area contributed by atoms with E-state index in [9.17, 15) is 5.11 Å². The molecule has 0 heterocycles. The molecular weight excluding hydrogens is 258 g/mol. The van der Waals surface area contributed by atoms with Gasteiger partial charge in [0.05, 0.1) is 6.10 Å². The number of nitrogens with zero attached hydrogens (tertiary/aromatic N) is 1. The third kappa shape index (κ3) is 6.69. The van der Waals surface area contributed by atoms with Gasteiger partial charge in [-0.3, -0.25) is 0 Å². The number of hydrogen-bond acceptors (Lipinski definition) is 2. The summed E-state index contributed by atoms with van der Waals surface area (Å²) >= 11 is 0. The maximum atomic E-state index is 10.7. The molecule has 1 aliphatic rings. The molecule has 0 amide bonds. The summed E-state index contributed by atoms with van der Waals surface area (Å²) in [7, 11) is 0. The smallest absolute Gasteiger partial charge is 0.0631 e. The molecule has 1 N–H and O–H groups in total. The molecule has 0 aromatic rings. The van der Waals surface area contributed by atoms with E-state index in [4.69, 9.17) is 0 Å². The molecule has 0 bridgehead atoms. The van der Waals surface area contributed by atoms with Crippen LogP contribution in [0.5, 0.6) is 0 Å². The van der Waals surface area contributed by atoms with Crippen molar-refractivity contribution in [2.45, 2.75) is 79.8 Å². The minimum atomic E-state index is -0.133. The van der Waals surface area contributed by atoms with Crippen LogP contribution in [-0.4, -0.2) is 35.7 Å². The first-order valence-electron chi connectivity index (χ1n) is 9.12. The third-order valence-electron chi connectivity index (χ3n) is 5.18. The van der Waals surface area contributed by atoms with E-state index in [1.807, 2.05) is 0 Å². The summed E-state index contributed by atoms with van der Waals surface area (Å²) in [6.07, 6.45) is 6.05. The highest BCUT2D eigenvalue weighted by Crippen LogP contribution is 2.39. The van der Waals surface area contributed by atoms with Crippen molar-refractivity contribution in [3.63, 3.8) is 0 Å². The van der Waals surface area contributed by atoms with Crippen LogP contribution >= 0.6 is 0 Å². The normalized spacial score (nSPS) is 26.0. The standard InChI is InChI=1S/C19H39NO/c1-15(2)9-12-20(13-10-16(3)4)14-17-8-7-11-19(5,6)18(17)21/h15-18,21H,7-14H2,1-6H3. The Kier molecular flexibility index (Phi) is 7.70. The molecule has 1 rings (SSSR count). The Morgan fingerprint density at radius 1 is 1.05 bits per heavy atom. The van der Waals surface area contributed by atoms with E-state index in [1.54, 1.807) is 0 Å². The van der Waals surface area contributed by atoms with Gasteiger partial charge < -0.3 is 10.0 Å². The lowest BCUT2D eigenvalue weighted by Gasteiger charge is -2.42. The van der Waals surface area contributed by atoms with Gasteiger partial charge in [0.2, 0.25) is 0 Å². The molecule has 2 atom stereocenters. The molecule has 0 aromatic carbocycles. The quantitative estimate of drug-likeness (QED) is 0.709. The average Bonchev–Trinajstić information content (AvgIpc) is 2.37. The lowest BCUT2D eigenvalue weighted by molar-refractivity contribution is -0.0435. The van der Waals surface area contributed by atoms with E-state index < -0.39 is 0 Å². The molecule has 0 aliphatic heterocycles. The van der Waals surface area contributed by atoms with Crippen molar-refractivity contribution in [3.8, 4) is 0 Å². The zero-order valence-electron chi connectivity index (χ0n) is 15.4. The second-order valence-electron chi connectivity index (χ2n) is 8.75. The first-order chi connectivity index (χ1) is 9.72. The van der Waals surface area contributed by atoms with Crippen LogP contribution in [0, 0.1) is 23.2 Å². The molecule has 21 heavy (non-hydrogen) atoms. The second-order valence-corrected chi connectivity index (χ2v) is 8.75. The maximum absolute atomic E-state index is 10.7. The van der Waals surface area contributed by atoms with Gasteiger partial charge in [0, 0.05) is 6.54 Å². The summed E-state index contributed by atoms with van der Waals surface area (Å²) in [5.41, 5.74) is 0.102. The van der Waals surface area contributed by atoms with Crippen LogP contribution in [0.1, 0.15) is 73.6 Å². The Morgan fingerprint density at radius 3 is 2.05 bits per heavy atom. The van der Waals surface area contributed by atoms with Crippen LogP contribution < -0.4 is 0 Å². The predicted molar refractivity (Wildman–Crippen MR) is 92.5 cm³/mol. The summed E-state index contributed by atoms with van der Waals surface area (Å²) in [5, 5.41) is 10.7. The molecule has 2 heteroatoms. The van der Waals surface area contributed by atoms with Crippen molar-refractivity contribution in [3.05, 3.63) is 0 Å². The van der Waals surface area contributed by atoms with Gasteiger partial charge in [-0.1, -0.05) is 48.0 Å². The summed E-state index contributed by atoms with van der Waals surface area (Å²) in [6, 6.07) is 0. The average molecular weight is 298 g/mol. The van der Waals surface area contributed by atoms with Gasteiger partial charge >= 0.3 is 0 Å². The topological polar surface area (TPSA) is 23.5 Å². The number of hydrogen-bond donors (Lipinski definition) is 1. The Labute approximate surface area is 133 Å². The molecule has 2 nitrogen and oxygen atoms in total. The fourth-order valence-corrected chi connectivity index (χ4v) is 3.46. The first kappa shape index (κ1) is 19.0. The Hall–Kier alpha value is -0.0800. The van der Waals surface area contributed by atoms with E-state index in [0.717, 1.165) is 18.4 Å². The van der Waals surface area contributed by atoms with Crippen LogP contribution in [0.25, 0.3) is 0 Å². The maximum Gasteiger partial charge on any atom is 0.0631 e. The molecule has 1 aliphatic carbocycles. The lowest BCUT2D eigenvalue weighted by Crippen LogP contribution is -2.45. The monoisotopic (exact) mass is 297 g/mol. The highest BCUT2D eigenvalue weighted by atomic mass is 16.3. The third-order valence-corrected chi connectivity index (χ3v) is 5.18. The van der Waals surface area contributed by atoms with Gasteiger partial charge in [0.15, 0.2) is 0 Å². The van der Waals surface area contributed by atoms with Crippen LogP contribution in [0.2, 0.25) is 0 Å². The Bertz CT molecular complexity index is 273. The van der Waals surface area contributed by atoms with Gasteiger partial charge in [-0.2, -0.15) is 0 Å². The highest BCUT2D eigenvalue weighted by molar-refractivity contribution is 4.89. The van der Waals surface area contributed by atoms with E-state index in [1.165, 1.54) is 45.2 Å². The number of rotatable bonds is 8. The fraction of sp³-hybridized carbons (Fsp3) is 1.00. The van der Waals surface area contributed by atoms with E-state index in [2.05, 4.69) is 46.4 Å². The number of aliphatic hydroxyl groups is 1. The summed E-state index contributed by atoms with van der Waals surface area (Å²) < 4.78 is 0. The van der Waals surface area contributed by atoms with Gasteiger partial charge in [0.25, 0.3) is 0 Å². The first-order valence-corrected chi connectivity index (χ1v) is 9.12. The van der Waals surface area contributed by atoms with Crippen LogP contribution in [0.3, 0.4) is 0 Å². The zero-order chi connectivity index (χ0) is 16.0. The van der Waals surface area contributed by atoms with Crippen molar-refractivity contribution in [2.24, 2.45) is 23.2 Å². The SMILES string of the molecule is CC(C)CCN(CCC(C)C)CC1CCCC(C)(C)C1O. The molecule has 0 aromatic heterocycles. The van der Waals surface area contributed by atoms with E-state index in [0.29, 0.717) is 5.92 Å². The van der Waals surface area contributed by atoms with Gasteiger partial charge in [0.1, 0.15) is 0 Å². The van der Waals surface area contributed by atoms with Crippen molar-refractivity contribution < 1.29 is 5.11 Å². The predicted octanol–water partition coefficient (Wildman–Crippen LogP) is 4.57. The van der Waals surface area contributed by atoms with E-state index in [-0.39, 0.29) is 11.5 Å². The molecular formula is C19H39NO. The van der Waals surface area contributed by atoms with Crippen LogP contribution in [0.15, 0.2) is 0 Å². The van der Waals surface area contributed by atoms with E-state index >= 15 is 0 Å². The summed E-state index contributed by atoms with van der Waals surface area (Å²) in [6.45, 7) is 17.1. The second kappa shape index (κ2) is 8.53. The minimum Gasteiger partial charge on any atom is -0.392 e. The minimum absolute atomic E-state index is 0.102. The summed E-state index contributed by atoms with van der Waals surface area (Å²) in [4.78, 5) is 2.62. The molecule has 2 unspecified atom stereocenters. The van der Waals surface area contributed by atoms with Crippen LogP contribution in [-0.2, 0) is 0 Å². The van der Waals surface area contributed by atoms with Crippen molar-refractivity contribution in [1.82, 2.24) is 4.90 Å². The van der Waals surface area contributed by atoms with Crippen molar-refractivity contribution in [1.29, 1.82) is 0 Å². The largest absolute Gasteiger partial charge is 0.392 e. The molecule has 1 saturated carbocycles. The Morgan fingerprint density at radius 2 is 1.57 bits per heavy atom. The Balaban J connectivity index is 2.56. The van der Waals surface area contributed by atoms with Gasteiger partial charge in [-0.15, -0.1) is 0 Å². The van der Waals surface area contributed by atoms with Crippen molar-refractivity contribution >= 4 is 0 Å². The summed E-state index contributed by atoms with van der Waals surface area (Å²) in [5.74, 6) is 1.99.